The molecule has 1 aromatic carbocycles. The first-order chi connectivity index (χ1) is 9.06. The summed E-state index contributed by atoms with van der Waals surface area (Å²) in [6, 6.07) is 9.35. The fourth-order valence-corrected chi connectivity index (χ4v) is 3.65. The van der Waals surface area contributed by atoms with E-state index in [4.69, 9.17) is 33.4 Å². The van der Waals surface area contributed by atoms with Crippen molar-refractivity contribution in [2.45, 2.75) is 13.0 Å². The van der Waals surface area contributed by atoms with Gasteiger partial charge in [-0.15, -0.1) is 11.3 Å². The van der Waals surface area contributed by atoms with E-state index in [1.165, 1.54) is 11.3 Å². The van der Waals surface area contributed by atoms with Gasteiger partial charge in [0.2, 0.25) is 0 Å². The molecule has 0 saturated heterocycles. The molecule has 2 N–H and O–H groups in total. The van der Waals surface area contributed by atoms with Crippen LogP contribution in [0.4, 0.5) is 0 Å². The molecule has 2 heterocycles. The van der Waals surface area contributed by atoms with E-state index in [1.807, 2.05) is 31.2 Å². The Kier molecular flexibility index (Phi) is 3.31. The second kappa shape index (κ2) is 4.84. The molecule has 0 amide bonds. The number of fused-ring (bicyclic) bond motifs is 1. The SMILES string of the molecule is Cc1cccc2cc(C(N)c3cc(Cl)sc3Cl)oc12. The zero-order valence-electron chi connectivity index (χ0n) is 10.1. The van der Waals surface area contributed by atoms with Gasteiger partial charge < -0.3 is 10.2 Å². The van der Waals surface area contributed by atoms with Gasteiger partial charge in [-0.2, -0.15) is 0 Å². The Morgan fingerprint density at radius 3 is 2.68 bits per heavy atom. The van der Waals surface area contributed by atoms with E-state index in [-0.39, 0.29) is 0 Å². The van der Waals surface area contributed by atoms with Gasteiger partial charge in [-0.05, 0) is 24.6 Å². The van der Waals surface area contributed by atoms with Crippen molar-refractivity contribution in [1.29, 1.82) is 0 Å². The molecule has 3 rings (SSSR count). The number of rotatable bonds is 2. The summed E-state index contributed by atoms with van der Waals surface area (Å²) in [4.78, 5) is 0. The van der Waals surface area contributed by atoms with Gasteiger partial charge in [0.25, 0.3) is 0 Å². The lowest BCUT2D eigenvalue weighted by Gasteiger charge is -2.06. The van der Waals surface area contributed by atoms with E-state index < -0.39 is 6.04 Å². The summed E-state index contributed by atoms with van der Waals surface area (Å²) >= 11 is 13.4. The standard InChI is InChI=1S/C14H11Cl2NOS/c1-7-3-2-4-8-5-10(18-13(7)8)12(17)9-6-11(15)19-14(9)16/h2-6,12H,17H2,1H3. The number of nitrogens with two attached hydrogens (primary N) is 1. The molecule has 3 aromatic rings. The van der Waals surface area contributed by atoms with E-state index in [2.05, 4.69) is 0 Å². The van der Waals surface area contributed by atoms with Crippen LogP contribution in [0.1, 0.15) is 22.9 Å². The van der Waals surface area contributed by atoms with E-state index in [1.54, 1.807) is 6.07 Å². The van der Waals surface area contributed by atoms with Crippen LogP contribution in [-0.4, -0.2) is 0 Å². The first kappa shape index (κ1) is 13.0. The zero-order valence-corrected chi connectivity index (χ0v) is 12.4. The van der Waals surface area contributed by atoms with Gasteiger partial charge >= 0.3 is 0 Å². The van der Waals surface area contributed by atoms with Crippen LogP contribution < -0.4 is 5.73 Å². The number of aryl methyl sites for hydroxylation is 1. The van der Waals surface area contributed by atoms with E-state index in [0.29, 0.717) is 14.4 Å². The van der Waals surface area contributed by atoms with Gasteiger partial charge in [0, 0.05) is 10.9 Å². The normalized spacial score (nSPS) is 13.1. The molecule has 0 aliphatic rings. The van der Waals surface area contributed by atoms with Crippen molar-refractivity contribution in [2.24, 2.45) is 5.73 Å². The predicted molar refractivity (Wildman–Crippen MR) is 81.3 cm³/mol. The fourth-order valence-electron chi connectivity index (χ4n) is 2.10. The summed E-state index contributed by atoms with van der Waals surface area (Å²) in [5.41, 5.74) is 8.97. The molecular formula is C14H11Cl2NOS. The minimum Gasteiger partial charge on any atom is -0.459 e. The fraction of sp³-hybridized carbons (Fsp3) is 0.143. The summed E-state index contributed by atoms with van der Waals surface area (Å²) in [5, 5.41) is 1.04. The maximum Gasteiger partial charge on any atom is 0.137 e. The topological polar surface area (TPSA) is 39.2 Å². The smallest absolute Gasteiger partial charge is 0.137 e. The number of hydrogen-bond acceptors (Lipinski definition) is 3. The van der Waals surface area contributed by atoms with E-state index in [9.17, 15) is 0 Å². The van der Waals surface area contributed by atoms with Crippen molar-refractivity contribution in [3.63, 3.8) is 0 Å². The number of benzene rings is 1. The Balaban J connectivity index is 2.09. The van der Waals surface area contributed by atoms with Gasteiger partial charge in [0.15, 0.2) is 0 Å². The van der Waals surface area contributed by atoms with Crippen LogP contribution in [0.2, 0.25) is 8.67 Å². The summed E-state index contributed by atoms with van der Waals surface area (Å²) in [7, 11) is 0. The minimum atomic E-state index is -0.400. The van der Waals surface area contributed by atoms with Crippen molar-refractivity contribution in [3.05, 3.63) is 55.9 Å². The van der Waals surface area contributed by atoms with Gasteiger partial charge in [-0.3, -0.25) is 0 Å². The third-order valence-corrected chi connectivity index (χ3v) is 4.60. The molecule has 0 aliphatic carbocycles. The lowest BCUT2D eigenvalue weighted by Crippen LogP contribution is -2.10. The largest absolute Gasteiger partial charge is 0.459 e. The molecule has 19 heavy (non-hydrogen) atoms. The monoisotopic (exact) mass is 311 g/mol. The number of para-hydroxylation sites is 1. The van der Waals surface area contributed by atoms with Crippen LogP contribution in [-0.2, 0) is 0 Å². The lowest BCUT2D eigenvalue weighted by molar-refractivity contribution is 0.524. The summed E-state index contributed by atoms with van der Waals surface area (Å²) in [5.74, 6) is 0.695. The van der Waals surface area contributed by atoms with Crippen LogP contribution >= 0.6 is 34.5 Å². The zero-order chi connectivity index (χ0) is 13.6. The number of furan rings is 1. The summed E-state index contributed by atoms with van der Waals surface area (Å²) in [6.07, 6.45) is 0. The van der Waals surface area contributed by atoms with E-state index >= 15 is 0 Å². The molecule has 0 bridgehead atoms. The minimum absolute atomic E-state index is 0.400. The molecular weight excluding hydrogens is 301 g/mol. The van der Waals surface area contributed by atoms with Gasteiger partial charge in [-0.1, -0.05) is 41.4 Å². The number of hydrogen-bond donors (Lipinski definition) is 1. The average molecular weight is 312 g/mol. The van der Waals surface area contributed by atoms with Crippen LogP contribution in [0.3, 0.4) is 0 Å². The Bertz CT molecular complexity index is 747. The lowest BCUT2D eigenvalue weighted by atomic mass is 10.1. The van der Waals surface area contributed by atoms with Crippen molar-refractivity contribution in [2.75, 3.05) is 0 Å². The molecule has 0 spiro atoms. The van der Waals surface area contributed by atoms with Crippen molar-refractivity contribution in [1.82, 2.24) is 0 Å². The molecule has 2 nitrogen and oxygen atoms in total. The Morgan fingerprint density at radius 1 is 1.26 bits per heavy atom. The average Bonchev–Trinajstić information content (AvgIpc) is 2.93. The molecule has 1 atom stereocenters. The Labute approximate surface area is 124 Å². The molecule has 98 valence electrons. The highest BCUT2D eigenvalue weighted by molar-refractivity contribution is 7.20. The van der Waals surface area contributed by atoms with Crippen LogP contribution in [0.5, 0.6) is 0 Å². The van der Waals surface area contributed by atoms with Gasteiger partial charge in [0.1, 0.15) is 11.3 Å². The van der Waals surface area contributed by atoms with Gasteiger partial charge in [0.05, 0.1) is 14.7 Å². The third kappa shape index (κ3) is 2.28. The molecule has 1 unspecified atom stereocenters. The first-order valence-electron chi connectivity index (χ1n) is 5.75. The van der Waals surface area contributed by atoms with Crippen molar-refractivity contribution in [3.8, 4) is 0 Å². The van der Waals surface area contributed by atoms with Crippen LogP contribution in [0, 0.1) is 6.92 Å². The van der Waals surface area contributed by atoms with Crippen molar-refractivity contribution < 1.29 is 4.42 Å². The van der Waals surface area contributed by atoms with Crippen LogP contribution in [0.25, 0.3) is 11.0 Å². The summed E-state index contributed by atoms with van der Waals surface area (Å²) in [6.45, 7) is 2.01. The Morgan fingerprint density at radius 2 is 2.05 bits per heavy atom. The number of halogens is 2. The predicted octanol–water partition coefficient (Wildman–Crippen LogP) is 5.16. The molecule has 0 fully saturated rings. The highest BCUT2D eigenvalue weighted by atomic mass is 35.5. The van der Waals surface area contributed by atoms with E-state index in [0.717, 1.165) is 22.1 Å². The van der Waals surface area contributed by atoms with Crippen LogP contribution in [0.15, 0.2) is 34.7 Å². The molecule has 5 heteroatoms. The van der Waals surface area contributed by atoms with Crippen molar-refractivity contribution >= 4 is 45.5 Å². The summed E-state index contributed by atoms with van der Waals surface area (Å²) < 4.78 is 7.09. The quantitative estimate of drug-likeness (QED) is 0.710. The molecule has 0 aliphatic heterocycles. The Hall–Kier alpha value is -1.000. The molecule has 0 radical (unpaired) electrons. The first-order valence-corrected chi connectivity index (χ1v) is 7.33. The third-order valence-electron chi connectivity index (χ3n) is 3.08. The molecule has 0 saturated carbocycles. The maximum atomic E-state index is 6.21. The highest BCUT2D eigenvalue weighted by Crippen LogP contribution is 2.37. The van der Waals surface area contributed by atoms with Gasteiger partial charge in [-0.25, -0.2) is 0 Å². The second-order valence-electron chi connectivity index (χ2n) is 4.40. The maximum absolute atomic E-state index is 6.21. The second-order valence-corrected chi connectivity index (χ2v) is 6.68. The molecule has 2 aromatic heterocycles. The number of thiophene rings is 1. The highest BCUT2D eigenvalue weighted by Gasteiger charge is 2.19.